The maximum atomic E-state index is 11.9. The predicted octanol–water partition coefficient (Wildman–Crippen LogP) is 0.633. The van der Waals surface area contributed by atoms with E-state index in [9.17, 15) is 14.4 Å². The summed E-state index contributed by atoms with van der Waals surface area (Å²) in [7, 11) is 1.57. The molecule has 21 heavy (non-hydrogen) atoms. The second kappa shape index (κ2) is 6.25. The number of nitrogens with one attached hydrogen (secondary N) is 1. The lowest BCUT2D eigenvalue weighted by molar-refractivity contribution is -0.140. The zero-order chi connectivity index (χ0) is 15.4. The molecule has 7 nitrogen and oxygen atoms in total. The highest BCUT2D eigenvalue weighted by Gasteiger charge is 2.38. The number of urea groups is 1. The molecule has 1 fully saturated rings. The highest BCUT2D eigenvalue weighted by atomic mass is 16.5. The number of carbonyl (C=O) groups is 3. The summed E-state index contributed by atoms with van der Waals surface area (Å²) in [5, 5.41) is 11.1. The van der Waals surface area contributed by atoms with Crippen LogP contribution in [0.4, 0.5) is 4.79 Å². The molecular weight excluding hydrogens is 276 g/mol. The lowest BCUT2D eigenvalue weighted by Gasteiger charge is -2.12. The molecule has 1 heterocycles. The molecule has 1 aliphatic rings. The third-order valence-corrected chi connectivity index (χ3v) is 3.27. The van der Waals surface area contributed by atoms with Crippen molar-refractivity contribution >= 4 is 17.9 Å². The van der Waals surface area contributed by atoms with Crippen molar-refractivity contribution in [2.24, 2.45) is 0 Å². The first-order valence-corrected chi connectivity index (χ1v) is 6.48. The van der Waals surface area contributed by atoms with E-state index in [1.807, 2.05) is 12.1 Å². The van der Waals surface area contributed by atoms with Gasteiger partial charge in [-0.05, 0) is 24.1 Å². The summed E-state index contributed by atoms with van der Waals surface area (Å²) in [6, 6.07) is 5.80. The Bertz CT molecular complexity index is 555. The fourth-order valence-corrected chi connectivity index (χ4v) is 2.13. The van der Waals surface area contributed by atoms with E-state index in [4.69, 9.17) is 9.84 Å². The first-order chi connectivity index (χ1) is 10.0. The molecule has 7 heteroatoms. The number of methoxy groups -OCH3 is 1. The van der Waals surface area contributed by atoms with Crippen molar-refractivity contribution in [3.63, 3.8) is 0 Å². The van der Waals surface area contributed by atoms with Gasteiger partial charge in [0.2, 0.25) is 0 Å². The average Bonchev–Trinajstić information content (AvgIpc) is 2.71. The fraction of sp³-hybridized carbons (Fsp3) is 0.357. The molecule has 2 rings (SSSR count). The standard InChI is InChI=1S/C14H16N2O5/c1-21-10-4-2-9(3-5-10)6-7-16-13(19)11(8-12(17)18)15-14(16)20/h2-5,11H,6-8H2,1H3,(H,15,20)(H,17,18). The first kappa shape index (κ1) is 14.8. The van der Waals surface area contributed by atoms with Gasteiger partial charge in [0.15, 0.2) is 0 Å². The Labute approximate surface area is 121 Å². The Morgan fingerprint density at radius 1 is 1.33 bits per heavy atom. The van der Waals surface area contributed by atoms with Gasteiger partial charge in [0.05, 0.1) is 13.5 Å². The number of carbonyl (C=O) groups excluding carboxylic acids is 2. The van der Waals surface area contributed by atoms with Crippen LogP contribution >= 0.6 is 0 Å². The fourth-order valence-electron chi connectivity index (χ4n) is 2.13. The van der Waals surface area contributed by atoms with E-state index < -0.39 is 30.4 Å². The molecule has 0 radical (unpaired) electrons. The van der Waals surface area contributed by atoms with Crippen molar-refractivity contribution in [1.29, 1.82) is 0 Å². The number of nitrogens with zero attached hydrogens (tertiary/aromatic N) is 1. The SMILES string of the molecule is COc1ccc(CCN2C(=O)NC(CC(=O)O)C2=O)cc1. The minimum absolute atomic E-state index is 0.215. The summed E-state index contributed by atoms with van der Waals surface area (Å²) >= 11 is 0. The van der Waals surface area contributed by atoms with Crippen LogP contribution in [0.15, 0.2) is 24.3 Å². The summed E-state index contributed by atoms with van der Waals surface area (Å²) in [5.74, 6) is -0.878. The molecule has 1 aromatic rings. The summed E-state index contributed by atoms with van der Waals surface area (Å²) in [6.45, 7) is 0.215. The molecule has 1 aromatic carbocycles. The summed E-state index contributed by atoms with van der Waals surface area (Å²) in [6.07, 6.45) is 0.104. The van der Waals surface area contributed by atoms with Crippen molar-refractivity contribution in [3.05, 3.63) is 29.8 Å². The number of hydrogen-bond donors (Lipinski definition) is 2. The number of imide groups is 1. The number of carboxylic acids is 1. The Hall–Kier alpha value is -2.57. The molecule has 1 aliphatic heterocycles. The molecule has 1 atom stereocenters. The summed E-state index contributed by atoms with van der Waals surface area (Å²) in [5.41, 5.74) is 0.957. The van der Waals surface area contributed by atoms with Crippen LogP contribution in [0.25, 0.3) is 0 Å². The Balaban J connectivity index is 1.94. The van der Waals surface area contributed by atoms with Gasteiger partial charge in [0.25, 0.3) is 5.91 Å². The number of carboxylic acid groups (broad SMARTS) is 1. The van der Waals surface area contributed by atoms with Crippen LogP contribution in [0.5, 0.6) is 5.75 Å². The van der Waals surface area contributed by atoms with Crippen LogP contribution in [0.1, 0.15) is 12.0 Å². The first-order valence-electron chi connectivity index (χ1n) is 6.48. The molecule has 2 N–H and O–H groups in total. The average molecular weight is 292 g/mol. The van der Waals surface area contributed by atoms with E-state index in [1.54, 1.807) is 19.2 Å². The van der Waals surface area contributed by atoms with E-state index in [0.29, 0.717) is 6.42 Å². The smallest absolute Gasteiger partial charge is 0.324 e. The van der Waals surface area contributed by atoms with E-state index in [2.05, 4.69) is 5.32 Å². The van der Waals surface area contributed by atoms with Gasteiger partial charge in [0, 0.05) is 6.54 Å². The molecule has 0 spiro atoms. The van der Waals surface area contributed by atoms with Gasteiger partial charge in [-0.1, -0.05) is 12.1 Å². The van der Waals surface area contributed by atoms with Crippen molar-refractivity contribution < 1.29 is 24.2 Å². The topological polar surface area (TPSA) is 95.9 Å². The number of hydrogen-bond acceptors (Lipinski definition) is 4. The Kier molecular flexibility index (Phi) is 4.42. The van der Waals surface area contributed by atoms with Crippen molar-refractivity contribution in [1.82, 2.24) is 10.2 Å². The lowest BCUT2D eigenvalue weighted by atomic mass is 10.1. The normalized spacial score (nSPS) is 17.8. The molecule has 1 unspecified atom stereocenters. The zero-order valence-corrected chi connectivity index (χ0v) is 11.5. The van der Waals surface area contributed by atoms with E-state index in [1.165, 1.54) is 0 Å². The second-order valence-corrected chi connectivity index (χ2v) is 4.69. The molecule has 0 aromatic heterocycles. The maximum absolute atomic E-state index is 11.9. The van der Waals surface area contributed by atoms with Gasteiger partial charge >= 0.3 is 12.0 Å². The van der Waals surface area contributed by atoms with Crippen molar-refractivity contribution in [2.45, 2.75) is 18.9 Å². The summed E-state index contributed by atoms with van der Waals surface area (Å²) < 4.78 is 5.05. The Morgan fingerprint density at radius 2 is 2.00 bits per heavy atom. The highest BCUT2D eigenvalue weighted by Crippen LogP contribution is 2.14. The third-order valence-electron chi connectivity index (χ3n) is 3.27. The van der Waals surface area contributed by atoms with Crippen LogP contribution < -0.4 is 10.1 Å². The molecule has 0 aliphatic carbocycles. The van der Waals surface area contributed by atoms with Gasteiger partial charge in [0.1, 0.15) is 11.8 Å². The maximum Gasteiger partial charge on any atom is 0.324 e. The van der Waals surface area contributed by atoms with Crippen molar-refractivity contribution in [3.8, 4) is 5.75 Å². The number of aliphatic carboxylic acids is 1. The van der Waals surface area contributed by atoms with E-state index in [-0.39, 0.29) is 6.54 Å². The number of rotatable bonds is 6. The lowest BCUT2D eigenvalue weighted by Crippen LogP contribution is -2.34. The Morgan fingerprint density at radius 3 is 2.57 bits per heavy atom. The molecule has 112 valence electrons. The molecule has 1 saturated heterocycles. The molecule has 3 amide bonds. The van der Waals surface area contributed by atoms with Crippen LogP contribution in [0.2, 0.25) is 0 Å². The van der Waals surface area contributed by atoms with E-state index >= 15 is 0 Å². The summed E-state index contributed by atoms with van der Waals surface area (Å²) in [4.78, 5) is 35.3. The van der Waals surface area contributed by atoms with Crippen LogP contribution in [0, 0.1) is 0 Å². The van der Waals surface area contributed by atoms with Crippen molar-refractivity contribution in [2.75, 3.05) is 13.7 Å². The van der Waals surface area contributed by atoms with Crippen LogP contribution in [-0.2, 0) is 16.0 Å². The van der Waals surface area contributed by atoms with Gasteiger partial charge in [-0.25, -0.2) is 4.79 Å². The van der Waals surface area contributed by atoms with Crippen LogP contribution in [0.3, 0.4) is 0 Å². The zero-order valence-electron chi connectivity index (χ0n) is 11.5. The molecule has 0 saturated carbocycles. The largest absolute Gasteiger partial charge is 0.497 e. The predicted molar refractivity (Wildman–Crippen MR) is 73.0 cm³/mol. The number of amides is 3. The van der Waals surface area contributed by atoms with Gasteiger partial charge in [-0.15, -0.1) is 0 Å². The minimum atomic E-state index is -1.12. The second-order valence-electron chi connectivity index (χ2n) is 4.69. The van der Waals surface area contributed by atoms with Crippen LogP contribution in [-0.4, -0.2) is 47.6 Å². The van der Waals surface area contributed by atoms with Gasteiger partial charge < -0.3 is 15.2 Å². The number of ether oxygens (including phenoxy) is 1. The molecular formula is C14H16N2O5. The monoisotopic (exact) mass is 292 g/mol. The highest BCUT2D eigenvalue weighted by molar-refractivity contribution is 6.05. The number of benzene rings is 1. The van der Waals surface area contributed by atoms with Gasteiger partial charge in [-0.2, -0.15) is 0 Å². The quantitative estimate of drug-likeness (QED) is 0.750. The minimum Gasteiger partial charge on any atom is -0.497 e. The van der Waals surface area contributed by atoms with E-state index in [0.717, 1.165) is 16.2 Å². The third kappa shape index (κ3) is 3.50. The molecule has 0 bridgehead atoms. The van der Waals surface area contributed by atoms with Gasteiger partial charge in [-0.3, -0.25) is 14.5 Å².